The normalized spacial score (nSPS) is 20.4. The van der Waals surface area contributed by atoms with E-state index in [2.05, 4.69) is 42.5 Å². The summed E-state index contributed by atoms with van der Waals surface area (Å²) < 4.78 is 0. The van der Waals surface area contributed by atoms with E-state index in [1.807, 2.05) is 116 Å². The molecule has 18 nitrogen and oxygen atoms in total. The van der Waals surface area contributed by atoms with Gasteiger partial charge in [0.2, 0.25) is 35.4 Å². The molecule has 390 valence electrons. The molecule has 0 unspecified atom stereocenters. The van der Waals surface area contributed by atoms with Crippen molar-refractivity contribution in [2.75, 3.05) is 27.2 Å². The Morgan fingerprint density at radius 2 is 0.806 bits per heavy atom. The number of nitrogens with one attached hydrogen (secondary N) is 8. The Morgan fingerprint density at radius 1 is 0.486 bits per heavy atom. The van der Waals surface area contributed by atoms with Crippen LogP contribution >= 0.6 is 0 Å². The van der Waals surface area contributed by atoms with Crippen molar-refractivity contribution in [1.82, 2.24) is 52.3 Å². The molecule has 10 atom stereocenters. The van der Waals surface area contributed by atoms with Crippen LogP contribution in [0.3, 0.4) is 0 Å². The number of amides is 8. The summed E-state index contributed by atoms with van der Waals surface area (Å²) in [4.78, 5) is 114. The van der Waals surface area contributed by atoms with Crippen LogP contribution in [0.25, 0.3) is 0 Å². The third kappa shape index (κ3) is 14.3. The van der Waals surface area contributed by atoms with Crippen LogP contribution in [0.4, 0.5) is 0 Å². The van der Waals surface area contributed by atoms with Crippen LogP contribution in [0.15, 0.2) is 84.9 Å². The average Bonchev–Trinajstić information content (AvgIpc) is 3.98. The van der Waals surface area contributed by atoms with Gasteiger partial charge in [0.1, 0.15) is 24.2 Å². The molecule has 3 aromatic rings. The molecule has 72 heavy (non-hydrogen) atoms. The van der Waals surface area contributed by atoms with Gasteiger partial charge in [-0.2, -0.15) is 0 Å². The number of hydrogen-bond donors (Lipinski definition) is 8. The van der Waals surface area contributed by atoms with E-state index in [1.165, 1.54) is 34.1 Å². The predicted octanol–water partition coefficient (Wildman–Crippen LogP) is 3.12. The number of likely N-dealkylation sites (tertiary alicyclic amines) is 2. The Bertz CT molecular complexity index is 2240. The van der Waals surface area contributed by atoms with Crippen molar-refractivity contribution in [3.63, 3.8) is 0 Å². The Balaban J connectivity index is 1.31. The largest absolute Gasteiger partial charge is 0.348 e. The van der Waals surface area contributed by atoms with Crippen molar-refractivity contribution in [3.05, 3.63) is 107 Å². The molecule has 0 spiro atoms. The number of rotatable bonds is 18. The topological polar surface area (TPSA) is 239 Å². The van der Waals surface area contributed by atoms with Gasteiger partial charge in [-0.15, -0.1) is 0 Å². The highest BCUT2D eigenvalue weighted by Gasteiger charge is 2.47. The lowest BCUT2D eigenvalue weighted by Gasteiger charge is -2.36. The summed E-state index contributed by atoms with van der Waals surface area (Å²) in [5.74, 6) is -3.46. The van der Waals surface area contributed by atoms with Crippen molar-refractivity contribution in [2.45, 2.75) is 142 Å². The number of hydrogen-bond acceptors (Lipinski definition) is 10. The minimum absolute atomic E-state index is 0.00404. The van der Waals surface area contributed by atoms with Crippen LogP contribution in [0.5, 0.6) is 0 Å². The van der Waals surface area contributed by atoms with E-state index in [-0.39, 0.29) is 61.0 Å². The second-order valence-corrected chi connectivity index (χ2v) is 21.3. The fourth-order valence-corrected chi connectivity index (χ4v) is 8.87. The Labute approximate surface area is 424 Å². The summed E-state index contributed by atoms with van der Waals surface area (Å²) in [6.07, 6.45) is 0.206. The molecule has 8 N–H and O–H groups in total. The van der Waals surface area contributed by atoms with Crippen LogP contribution < -0.4 is 42.5 Å². The van der Waals surface area contributed by atoms with E-state index in [0.717, 1.165) is 11.1 Å². The first-order valence-corrected chi connectivity index (χ1v) is 24.8. The highest BCUT2D eigenvalue weighted by Crippen LogP contribution is 2.29. The lowest BCUT2D eigenvalue weighted by atomic mass is 9.85. The summed E-state index contributed by atoms with van der Waals surface area (Å²) >= 11 is 0. The lowest BCUT2D eigenvalue weighted by Crippen LogP contribution is -2.59. The van der Waals surface area contributed by atoms with Gasteiger partial charge >= 0.3 is 0 Å². The van der Waals surface area contributed by atoms with Crippen molar-refractivity contribution in [1.29, 1.82) is 0 Å². The molecule has 2 fully saturated rings. The van der Waals surface area contributed by atoms with Crippen LogP contribution in [-0.4, -0.2) is 133 Å². The monoisotopic (exact) mass is 993 g/mol. The van der Waals surface area contributed by atoms with Crippen molar-refractivity contribution >= 4 is 47.3 Å². The lowest BCUT2D eigenvalue weighted by molar-refractivity contribution is -0.144. The van der Waals surface area contributed by atoms with Gasteiger partial charge in [0.05, 0.1) is 24.2 Å². The number of likely N-dealkylation sites (N-methyl/N-ethyl adjacent to an activating group) is 2. The minimum Gasteiger partial charge on any atom is -0.348 e. The van der Waals surface area contributed by atoms with E-state index < -0.39 is 94.6 Å². The molecule has 0 aromatic heterocycles. The quantitative estimate of drug-likeness (QED) is 0.0927. The highest BCUT2D eigenvalue weighted by molar-refractivity contribution is 5.99. The molecule has 3 aromatic carbocycles. The zero-order valence-electron chi connectivity index (χ0n) is 43.8. The first-order valence-electron chi connectivity index (χ1n) is 24.8. The molecule has 0 aliphatic carbocycles. The fraction of sp³-hybridized carbons (Fsp3) is 0.519. The smallest absolute Gasteiger partial charge is 0.251 e. The first-order chi connectivity index (χ1) is 33.8. The van der Waals surface area contributed by atoms with E-state index in [4.69, 9.17) is 0 Å². The molecule has 18 heteroatoms. The maximum Gasteiger partial charge on any atom is 0.251 e. The summed E-state index contributed by atoms with van der Waals surface area (Å²) in [6.45, 7) is 18.0. The second kappa shape index (κ2) is 24.2. The van der Waals surface area contributed by atoms with Crippen LogP contribution in [0.2, 0.25) is 0 Å². The molecule has 0 bridgehead atoms. The van der Waals surface area contributed by atoms with Crippen molar-refractivity contribution in [3.8, 4) is 0 Å². The molecule has 0 radical (unpaired) electrons. The van der Waals surface area contributed by atoms with E-state index in [9.17, 15) is 38.4 Å². The molecule has 0 saturated carbocycles. The minimum atomic E-state index is -0.990. The Morgan fingerprint density at radius 3 is 1.10 bits per heavy atom. The van der Waals surface area contributed by atoms with Gasteiger partial charge in [-0.05, 0) is 101 Å². The summed E-state index contributed by atoms with van der Waals surface area (Å²) in [7, 11) is 3.29. The van der Waals surface area contributed by atoms with Gasteiger partial charge in [0.15, 0.2) is 0 Å². The van der Waals surface area contributed by atoms with Crippen LogP contribution in [0, 0.1) is 10.8 Å². The summed E-state index contributed by atoms with van der Waals surface area (Å²) in [5.41, 5.74) is 0.717. The SMILES string of the molecule is CN[C@@H](C)C(=O)N[C@H](C(=O)N1C[C@@H](NC(=O)c2ccc(C(=O)N[C@H]3C[C@@H](C(=O)N[C@@H](C)c4ccccc4)N(C(=O)[C@@H](NC(=O)[C@H](C)NC)C(C)(C)C)C3)cc2)C[C@H]1C(=O)N[C@@H](C)c1ccccc1)C(C)(C)C. The van der Waals surface area contributed by atoms with Crippen molar-refractivity contribution < 1.29 is 38.4 Å². The molecule has 2 aliphatic rings. The predicted molar refractivity (Wildman–Crippen MR) is 275 cm³/mol. The van der Waals surface area contributed by atoms with Gasteiger partial charge in [-0.25, -0.2) is 0 Å². The number of benzene rings is 3. The molecule has 5 rings (SSSR count). The highest BCUT2D eigenvalue weighted by atomic mass is 16.2. The zero-order chi connectivity index (χ0) is 53.2. The van der Waals surface area contributed by atoms with E-state index in [1.54, 1.807) is 27.9 Å². The second-order valence-electron chi connectivity index (χ2n) is 21.3. The van der Waals surface area contributed by atoms with Gasteiger partial charge in [-0.3, -0.25) is 38.4 Å². The average molecular weight is 993 g/mol. The van der Waals surface area contributed by atoms with Gasteiger partial charge in [-0.1, -0.05) is 102 Å². The summed E-state index contributed by atoms with van der Waals surface area (Å²) in [6, 6.07) is 17.7. The van der Waals surface area contributed by atoms with Gasteiger partial charge in [0.25, 0.3) is 11.8 Å². The number of nitrogens with zero attached hydrogens (tertiary/aromatic N) is 2. The van der Waals surface area contributed by atoms with E-state index >= 15 is 0 Å². The fourth-order valence-electron chi connectivity index (χ4n) is 8.87. The molecule has 8 amide bonds. The first kappa shape index (κ1) is 56.3. The van der Waals surface area contributed by atoms with Gasteiger partial charge in [0, 0.05) is 36.3 Å². The Kier molecular flexibility index (Phi) is 18.9. The number of carbonyl (C=O) groups excluding carboxylic acids is 8. The third-order valence-electron chi connectivity index (χ3n) is 13.6. The van der Waals surface area contributed by atoms with Gasteiger partial charge < -0.3 is 52.3 Å². The van der Waals surface area contributed by atoms with Crippen molar-refractivity contribution in [2.24, 2.45) is 10.8 Å². The van der Waals surface area contributed by atoms with Crippen LogP contribution in [-0.2, 0) is 28.8 Å². The van der Waals surface area contributed by atoms with Crippen LogP contribution in [0.1, 0.15) is 126 Å². The maximum atomic E-state index is 14.5. The summed E-state index contributed by atoms with van der Waals surface area (Å²) in [5, 5.41) is 23.6. The molecular weight excluding hydrogens is 917 g/mol. The number of carbonyl (C=O) groups is 8. The molecular formula is C54H76N10O8. The molecule has 2 aliphatic heterocycles. The third-order valence-corrected chi connectivity index (χ3v) is 13.6. The molecule has 2 saturated heterocycles. The maximum absolute atomic E-state index is 14.5. The zero-order valence-corrected chi connectivity index (χ0v) is 43.8. The molecule has 2 heterocycles. The van der Waals surface area contributed by atoms with E-state index in [0.29, 0.717) is 0 Å². The standard InChI is InChI=1S/C54H76N10O8/c1-31(35-19-15-13-16-20-35)57-49(69)41-27-39(29-63(41)51(71)43(53(5,6)7)61-45(65)33(3)55-11)59-47(67)37-23-25-38(26-24-37)48(68)60-40-28-42(50(70)58-32(2)36-21-17-14-18-22-36)64(30-40)52(72)44(54(8,9)10)62-46(66)34(4)56-12/h13-26,31-34,39-44,55-56H,27-30H2,1-12H3,(H,57,69)(H,58,70)(H,59,67)(H,60,68)(H,61,65)(H,62,66)/t31-,32-,33-,34-,39-,40-,41-,42-,43+,44+/m0/s1. The Hall–Kier alpha value is -6.66.